The molecule has 2 aromatic rings. The number of hydrogen-bond acceptors (Lipinski definition) is 3. The Bertz CT molecular complexity index is 629. The van der Waals surface area contributed by atoms with Gasteiger partial charge in [0.1, 0.15) is 5.82 Å². The Morgan fingerprint density at radius 3 is 2.52 bits per heavy atom. The van der Waals surface area contributed by atoms with E-state index in [0.717, 1.165) is 6.54 Å². The second-order valence-corrected chi connectivity index (χ2v) is 4.95. The van der Waals surface area contributed by atoms with E-state index >= 15 is 0 Å². The molecule has 2 aromatic carbocycles. The summed E-state index contributed by atoms with van der Waals surface area (Å²) in [7, 11) is 1.93. The van der Waals surface area contributed by atoms with Crippen molar-refractivity contribution in [2.45, 2.75) is 13.1 Å². The zero-order chi connectivity index (χ0) is 15.2. The lowest BCUT2D eigenvalue weighted by atomic mass is 10.1. The van der Waals surface area contributed by atoms with E-state index in [9.17, 15) is 4.39 Å². The molecule has 0 unspecified atom stereocenters. The monoisotopic (exact) mass is 287 g/mol. The normalized spacial score (nSPS) is 11.9. The molecule has 2 rings (SSSR count). The minimum atomic E-state index is -0.362. The predicted octanol–water partition coefficient (Wildman–Crippen LogP) is 2.55. The van der Waals surface area contributed by atoms with E-state index in [0.29, 0.717) is 17.7 Å². The van der Waals surface area contributed by atoms with E-state index in [1.807, 2.05) is 42.3 Å². The van der Waals surface area contributed by atoms with Gasteiger partial charge in [0.2, 0.25) is 0 Å². The lowest BCUT2D eigenvalue weighted by molar-refractivity contribution is 0.313. The summed E-state index contributed by atoms with van der Waals surface area (Å²) in [6, 6.07) is 14.6. The van der Waals surface area contributed by atoms with Gasteiger partial charge in [0.25, 0.3) is 0 Å². The van der Waals surface area contributed by atoms with E-state index in [1.165, 1.54) is 11.6 Å². The first-order chi connectivity index (χ1) is 10.1. The zero-order valence-corrected chi connectivity index (χ0v) is 11.8. The fraction of sp³-hybridized carbons (Fsp3) is 0.188. The number of rotatable bonds is 5. The van der Waals surface area contributed by atoms with Crippen LogP contribution in [0.5, 0.6) is 0 Å². The minimum Gasteiger partial charge on any atom is -0.409 e. The minimum absolute atomic E-state index is 0.0990. The molecule has 4 nitrogen and oxygen atoms in total. The van der Waals surface area contributed by atoms with Crippen molar-refractivity contribution in [3.05, 3.63) is 71.0 Å². The summed E-state index contributed by atoms with van der Waals surface area (Å²) in [5.41, 5.74) is 7.55. The lowest BCUT2D eigenvalue weighted by Crippen LogP contribution is -2.19. The van der Waals surface area contributed by atoms with Gasteiger partial charge in [-0.2, -0.15) is 0 Å². The highest BCUT2D eigenvalue weighted by Gasteiger charge is 2.09. The maximum atomic E-state index is 14.0. The van der Waals surface area contributed by atoms with Gasteiger partial charge in [0.15, 0.2) is 5.84 Å². The van der Waals surface area contributed by atoms with Gasteiger partial charge in [0.05, 0.1) is 0 Å². The number of amidine groups is 1. The molecule has 3 N–H and O–H groups in total. The van der Waals surface area contributed by atoms with Gasteiger partial charge in [-0.15, -0.1) is 0 Å². The van der Waals surface area contributed by atoms with Crippen molar-refractivity contribution in [3.63, 3.8) is 0 Å². The van der Waals surface area contributed by atoms with Crippen LogP contribution in [0.2, 0.25) is 0 Å². The van der Waals surface area contributed by atoms with Gasteiger partial charge in [0, 0.05) is 24.2 Å². The van der Waals surface area contributed by atoms with Crippen LogP contribution in [0.25, 0.3) is 0 Å². The van der Waals surface area contributed by atoms with Crippen LogP contribution in [0.15, 0.2) is 53.7 Å². The zero-order valence-electron chi connectivity index (χ0n) is 11.8. The number of halogens is 1. The number of nitrogens with two attached hydrogens (primary N) is 1. The number of hydrogen-bond donors (Lipinski definition) is 2. The molecule has 0 saturated heterocycles. The summed E-state index contributed by atoms with van der Waals surface area (Å²) in [4.78, 5) is 2.02. The molecule has 0 fully saturated rings. The second-order valence-electron chi connectivity index (χ2n) is 4.95. The fourth-order valence-electron chi connectivity index (χ4n) is 2.13. The van der Waals surface area contributed by atoms with Gasteiger partial charge in [-0.25, -0.2) is 4.39 Å². The molecule has 0 aliphatic carbocycles. The van der Waals surface area contributed by atoms with E-state index in [2.05, 4.69) is 5.16 Å². The lowest BCUT2D eigenvalue weighted by Gasteiger charge is -2.17. The van der Waals surface area contributed by atoms with Crippen LogP contribution in [0, 0.1) is 5.82 Å². The van der Waals surface area contributed by atoms with E-state index in [1.54, 1.807) is 12.1 Å². The molecular formula is C16H18FN3O. The third-order valence-corrected chi connectivity index (χ3v) is 3.19. The molecule has 0 amide bonds. The Hall–Kier alpha value is -2.40. The third kappa shape index (κ3) is 4.03. The summed E-state index contributed by atoms with van der Waals surface area (Å²) in [5, 5.41) is 11.5. The summed E-state index contributed by atoms with van der Waals surface area (Å²) < 4.78 is 14.0. The van der Waals surface area contributed by atoms with Crippen LogP contribution in [-0.4, -0.2) is 23.0 Å². The average molecular weight is 287 g/mol. The standard InChI is InChI=1S/C16H18FN3O/c1-20(10-12-5-3-2-4-6-12)11-14-8-7-13(9-15(14)17)16(18)19-21/h2-9,21H,10-11H2,1H3,(H2,18,19). The van der Waals surface area contributed by atoms with Crippen molar-refractivity contribution in [1.29, 1.82) is 0 Å². The largest absolute Gasteiger partial charge is 0.409 e. The maximum absolute atomic E-state index is 14.0. The SMILES string of the molecule is CN(Cc1ccccc1)Cc1ccc(/C(N)=N/O)cc1F. The first kappa shape index (κ1) is 15.0. The van der Waals surface area contributed by atoms with Crippen LogP contribution < -0.4 is 5.73 Å². The second kappa shape index (κ2) is 6.85. The topological polar surface area (TPSA) is 61.8 Å². The highest BCUT2D eigenvalue weighted by Crippen LogP contribution is 2.14. The van der Waals surface area contributed by atoms with Crippen LogP contribution in [0.1, 0.15) is 16.7 Å². The summed E-state index contributed by atoms with van der Waals surface area (Å²) in [5.74, 6) is -0.461. The molecule has 21 heavy (non-hydrogen) atoms. The number of benzene rings is 2. The van der Waals surface area contributed by atoms with E-state index < -0.39 is 0 Å². The Labute approximate surface area is 123 Å². The van der Waals surface area contributed by atoms with Gasteiger partial charge >= 0.3 is 0 Å². The molecular weight excluding hydrogens is 269 g/mol. The molecule has 0 radical (unpaired) electrons. The molecule has 5 heteroatoms. The Morgan fingerprint density at radius 2 is 1.90 bits per heavy atom. The molecule has 0 aromatic heterocycles. The highest BCUT2D eigenvalue weighted by molar-refractivity contribution is 5.97. The van der Waals surface area contributed by atoms with Crippen LogP contribution in [0.4, 0.5) is 4.39 Å². The van der Waals surface area contributed by atoms with Crippen molar-refractivity contribution < 1.29 is 9.60 Å². The number of nitrogens with zero attached hydrogens (tertiary/aromatic N) is 2. The van der Waals surface area contributed by atoms with E-state index in [-0.39, 0.29) is 11.7 Å². The Morgan fingerprint density at radius 1 is 1.19 bits per heavy atom. The third-order valence-electron chi connectivity index (χ3n) is 3.19. The fourth-order valence-corrected chi connectivity index (χ4v) is 2.13. The molecule has 110 valence electrons. The van der Waals surface area contributed by atoms with Crippen molar-refractivity contribution in [1.82, 2.24) is 4.90 Å². The molecule has 0 spiro atoms. The Balaban J connectivity index is 2.06. The van der Waals surface area contributed by atoms with Crippen LogP contribution in [-0.2, 0) is 13.1 Å². The molecule has 0 saturated carbocycles. The average Bonchev–Trinajstić information content (AvgIpc) is 2.49. The summed E-state index contributed by atoms with van der Waals surface area (Å²) in [6.45, 7) is 1.22. The molecule has 0 heterocycles. The molecule has 0 aliphatic rings. The van der Waals surface area contributed by atoms with Crippen molar-refractivity contribution in [2.75, 3.05) is 7.05 Å². The first-order valence-electron chi connectivity index (χ1n) is 6.59. The predicted molar refractivity (Wildman–Crippen MR) is 80.5 cm³/mol. The quantitative estimate of drug-likeness (QED) is 0.384. The van der Waals surface area contributed by atoms with Gasteiger partial charge in [-0.3, -0.25) is 4.90 Å². The van der Waals surface area contributed by atoms with Crippen molar-refractivity contribution >= 4 is 5.84 Å². The van der Waals surface area contributed by atoms with Gasteiger partial charge < -0.3 is 10.9 Å². The number of oxime groups is 1. The molecule has 0 aliphatic heterocycles. The smallest absolute Gasteiger partial charge is 0.170 e. The summed E-state index contributed by atoms with van der Waals surface area (Å²) >= 11 is 0. The van der Waals surface area contributed by atoms with Gasteiger partial charge in [-0.1, -0.05) is 47.6 Å². The van der Waals surface area contributed by atoms with Gasteiger partial charge in [-0.05, 0) is 18.7 Å². The van der Waals surface area contributed by atoms with Crippen LogP contribution >= 0.6 is 0 Å². The van der Waals surface area contributed by atoms with Crippen molar-refractivity contribution in [2.24, 2.45) is 10.9 Å². The Kier molecular flexibility index (Phi) is 4.90. The first-order valence-corrected chi connectivity index (χ1v) is 6.59. The van der Waals surface area contributed by atoms with E-state index in [4.69, 9.17) is 10.9 Å². The van der Waals surface area contributed by atoms with Crippen molar-refractivity contribution in [3.8, 4) is 0 Å². The molecule has 0 bridgehead atoms. The maximum Gasteiger partial charge on any atom is 0.170 e. The highest BCUT2D eigenvalue weighted by atomic mass is 19.1. The van der Waals surface area contributed by atoms with Crippen LogP contribution in [0.3, 0.4) is 0 Å². The molecule has 0 atom stereocenters. The summed E-state index contributed by atoms with van der Waals surface area (Å²) in [6.07, 6.45) is 0.